The molecule has 7 nitrogen and oxygen atoms in total. The van der Waals surface area contributed by atoms with E-state index in [-0.39, 0.29) is 18.1 Å². The number of ether oxygens (including phenoxy) is 2. The summed E-state index contributed by atoms with van der Waals surface area (Å²) in [6, 6.07) is 7.53. The van der Waals surface area contributed by atoms with E-state index in [1.165, 1.54) is 6.33 Å². The number of nitrogens with zero attached hydrogens (tertiary/aromatic N) is 2. The Labute approximate surface area is 174 Å². The second-order valence-corrected chi connectivity index (χ2v) is 7.07. The van der Waals surface area contributed by atoms with Gasteiger partial charge < -0.3 is 20.1 Å². The summed E-state index contributed by atoms with van der Waals surface area (Å²) in [6.07, 6.45) is 12.5. The van der Waals surface area contributed by atoms with Crippen molar-refractivity contribution in [1.82, 2.24) is 9.97 Å². The first-order valence-electron chi connectivity index (χ1n) is 9.82. The molecule has 2 unspecified atom stereocenters. The minimum absolute atomic E-state index is 0.0617. The zero-order valence-electron chi connectivity index (χ0n) is 17.0. The number of anilines is 3. The normalized spacial score (nSPS) is 19.7. The van der Waals surface area contributed by atoms with Crippen LogP contribution in [0.4, 0.5) is 17.2 Å². The van der Waals surface area contributed by atoms with Crippen LogP contribution in [-0.4, -0.2) is 42.3 Å². The van der Waals surface area contributed by atoms with E-state index in [1.54, 1.807) is 14.2 Å². The fraction of sp³-hybridized carbons (Fsp3) is 0.261. The van der Waals surface area contributed by atoms with Crippen molar-refractivity contribution in [3.05, 3.63) is 65.0 Å². The van der Waals surface area contributed by atoms with Gasteiger partial charge in [-0.25, -0.2) is 9.97 Å². The summed E-state index contributed by atoms with van der Waals surface area (Å²) < 4.78 is 11.0. The topological polar surface area (TPSA) is 85.4 Å². The predicted octanol–water partition coefficient (Wildman–Crippen LogP) is 2.04. The van der Waals surface area contributed by atoms with Gasteiger partial charge in [0.15, 0.2) is 0 Å². The van der Waals surface area contributed by atoms with Gasteiger partial charge in [0.05, 0.1) is 5.35 Å². The number of allylic oxidation sites excluding steroid dienone is 3. The van der Waals surface area contributed by atoms with Crippen molar-refractivity contribution in [2.75, 3.05) is 24.9 Å². The molecular formula is C23H24N4O3. The van der Waals surface area contributed by atoms with E-state index in [2.05, 4.69) is 26.7 Å². The fourth-order valence-corrected chi connectivity index (χ4v) is 3.50. The summed E-state index contributed by atoms with van der Waals surface area (Å²) >= 11 is 0. The van der Waals surface area contributed by atoms with Crippen LogP contribution in [-0.2, 0) is 14.3 Å². The number of nitrogens with one attached hydrogen (secondary N) is 2. The summed E-state index contributed by atoms with van der Waals surface area (Å²) in [7, 11) is 3.30. The van der Waals surface area contributed by atoms with Crippen LogP contribution in [0.3, 0.4) is 0 Å². The molecule has 2 aromatic rings. The zero-order valence-corrected chi connectivity index (χ0v) is 17.0. The average molecular weight is 404 g/mol. The smallest absolute Gasteiger partial charge is 0.251 e. The molecule has 30 heavy (non-hydrogen) atoms. The van der Waals surface area contributed by atoms with Crippen LogP contribution < -0.4 is 21.2 Å². The second-order valence-electron chi connectivity index (χ2n) is 7.07. The van der Waals surface area contributed by atoms with E-state index in [1.807, 2.05) is 48.6 Å². The third-order valence-corrected chi connectivity index (χ3v) is 5.15. The van der Waals surface area contributed by atoms with Crippen molar-refractivity contribution >= 4 is 35.3 Å². The van der Waals surface area contributed by atoms with Gasteiger partial charge in [0.1, 0.15) is 24.4 Å². The van der Waals surface area contributed by atoms with Crippen molar-refractivity contribution in [1.29, 1.82) is 0 Å². The number of benzene rings is 1. The molecule has 1 aromatic carbocycles. The van der Waals surface area contributed by atoms with Crippen LogP contribution in [0.5, 0.6) is 0 Å². The molecule has 0 bridgehead atoms. The van der Waals surface area contributed by atoms with Gasteiger partial charge in [-0.3, -0.25) is 4.79 Å². The molecule has 0 spiro atoms. The van der Waals surface area contributed by atoms with Crippen molar-refractivity contribution in [2.24, 2.45) is 0 Å². The first-order chi connectivity index (χ1) is 14.7. The van der Waals surface area contributed by atoms with Crippen LogP contribution in [0.2, 0.25) is 0 Å². The van der Waals surface area contributed by atoms with Gasteiger partial charge in [0.25, 0.3) is 5.91 Å². The van der Waals surface area contributed by atoms with E-state index in [9.17, 15) is 4.79 Å². The van der Waals surface area contributed by atoms with E-state index in [4.69, 9.17) is 9.47 Å². The van der Waals surface area contributed by atoms with Crippen LogP contribution in [0.1, 0.15) is 12.8 Å². The maximum Gasteiger partial charge on any atom is 0.251 e. The standard InChI is InChI=1S/C23H24N4O3/c1-29-20-12-18-19(13-21(20)30-2)24-14-25-22(18)26-16-8-10-17(11-9-16)27-23(28)15-6-4-3-5-7-15/h3-4,6,8-14,20-21H,5,7H2,1-2H3,(H,27,28)(H,24,25,26). The van der Waals surface area contributed by atoms with Gasteiger partial charge in [-0.05, 0) is 49.3 Å². The summed E-state index contributed by atoms with van der Waals surface area (Å²) in [6.45, 7) is 0. The molecule has 4 rings (SSSR count). The Morgan fingerprint density at radius 3 is 2.47 bits per heavy atom. The van der Waals surface area contributed by atoms with E-state index < -0.39 is 0 Å². The Morgan fingerprint density at radius 1 is 1.03 bits per heavy atom. The Balaban J connectivity index is 1.52. The minimum atomic E-state index is -0.212. The Bertz CT molecular complexity index is 1110. The zero-order chi connectivity index (χ0) is 20.9. The maximum absolute atomic E-state index is 12.3. The Hall–Kier alpha value is -3.29. The van der Waals surface area contributed by atoms with Crippen LogP contribution in [0.25, 0.3) is 12.2 Å². The Kier molecular flexibility index (Phi) is 6.02. The first-order valence-corrected chi connectivity index (χ1v) is 9.82. The summed E-state index contributed by atoms with van der Waals surface area (Å²) in [5.74, 6) is 0.622. The number of rotatable bonds is 6. The monoisotopic (exact) mass is 404 g/mol. The molecule has 0 saturated heterocycles. The molecule has 2 N–H and O–H groups in total. The lowest BCUT2D eigenvalue weighted by Crippen LogP contribution is -2.42. The van der Waals surface area contributed by atoms with Gasteiger partial charge in [-0.15, -0.1) is 0 Å². The molecule has 1 heterocycles. The lowest BCUT2D eigenvalue weighted by Gasteiger charge is -2.22. The Morgan fingerprint density at radius 2 is 1.77 bits per heavy atom. The molecule has 0 aliphatic heterocycles. The molecule has 0 saturated carbocycles. The highest BCUT2D eigenvalue weighted by atomic mass is 16.5. The van der Waals surface area contributed by atoms with Gasteiger partial charge in [-0.2, -0.15) is 0 Å². The van der Waals surface area contributed by atoms with Crippen LogP contribution >= 0.6 is 0 Å². The van der Waals surface area contributed by atoms with Crippen LogP contribution in [0, 0.1) is 0 Å². The van der Waals surface area contributed by atoms with Gasteiger partial charge >= 0.3 is 0 Å². The molecule has 2 atom stereocenters. The minimum Gasteiger partial charge on any atom is -0.374 e. The van der Waals surface area contributed by atoms with Gasteiger partial charge in [-0.1, -0.05) is 18.2 Å². The maximum atomic E-state index is 12.3. The van der Waals surface area contributed by atoms with E-state index in [0.717, 1.165) is 40.4 Å². The number of aromatic nitrogens is 2. The quantitative estimate of drug-likeness (QED) is 0.767. The number of carbonyl (C=O) groups excluding carboxylic acids is 1. The van der Waals surface area contributed by atoms with Crippen LogP contribution in [0.15, 0.2) is 54.4 Å². The highest BCUT2D eigenvalue weighted by Crippen LogP contribution is 2.19. The highest BCUT2D eigenvalue weighted by molar-refractivity contribution is 6.04. The molecule has 0 radical (unpaired) electrons. The van der Waals surface area contributed by atoms with Gasteiger partial charge in [0, 0.05) is 36.4 Å². The number of hydrogen-bond donors (Lipinski definition) is 2. The number of amides is 1. The second kappa shape index (κ2) is 9.02. The largest absolute Gasteiger partial charge is 0.374 e. The summed E-state index contributed by atoms with van der Waals surface area (Å²) in [5, 5.41) is 7.93. The molecule has 2 aliphatic rings. The summed E-state index contributed by atoms with van der Waals surface area (Å²) in [4.78, 5) is 21.1. The lowest BCUT2D eigenvalue weighted by atomic mass is 10.0. The number of hydrogen-bond acceptors (Lipinski definition) is 6. The average Bonchev–Trinajstić information content (AvgIpc) is 2.80. The molecule has 0 fully saturated rings. The number of carbonyl (C=O) groups is 1. The van der Waals surface area contributed by atoms with Crippen molar-refractivity contribution in [2.45, 2.75) is 25.0 Å². The molecule has 1 aromatic heterocycles. The van der Waals surface area contributed by atoms with E-state index >= 15 is 0 Å². The van der Waals surface area contributed by atoms with Crippen molar-refractivity contribution < 1.29 is 14.3 Å². The highest BCUT2D eigenvalue weighted by Gasteiger charge is 2.21. The predicted molar refractivity (Wildman–Crippen MR) is 117 cm³/mol. The number of methoxy groups -OCH3 is 2. The third kappa shape index (κ3) is 4.32. The van der Waals surface area contributed by atoms with Gasteiger partial charge in [0.2, 0.25) is 0 Å². The SMILES string of the molecule is COC1C=c2ncnc(Nc3ccc(NC(=O)C4=CC=CCC4)cc3)c2=CC1OC. The molecule has 7 heteroatoms. The molecule has 154 valence electrons. The molecular weight excluding hydrogens is 380 g/mol. The van der Waals surface area contributed by atoms with Crippen molar-refractivity contribution in [3.8, 4) is 0 Å². The van der Waals surface area contributed by atoms with Crippen molar-refractivity contribution in [3.63, 3.8) is 0 Å². The lowest BCUT2D eigenvalue weighted by molar-refractivity contribution is -0.113. The third-order valence-electron chi connectivity index (χ3n) is 5.15. The molecule has 1 amide bonds. The number of fused-ring (bicyclic) bond motifs is 1. The first kappa shape index (κ1) is 20.0. The summed E-state index contributed by atoms with van der Waals surface area (Å²) in [5.41, 5.74) is 2.39. The molecule has 2 aliphatic carbocycles. The van der Waals surface area contributed by atoms with E-state index in [0.29, 0.717) is 5.82 Å². The fourth-order valence-electron chi connectivity index (χ4n) is 3.50.